The van der Waals surface area contributed by atoms with E-state index in [4.69, 9.17) is 4.74 Å². The standard InChI is InChI=1S/C16H28N2O/c1-5-7-12-18(6-2)13-16(17-3)14-8-10-15(19-4)11-9-14/h8-11,16-17H,5-7,12-13H2,1-4H3. The smallest absolute Gasteiger partial charge is 0.118 e. The Hall–Kier alpha value is -1.06. The van der Waals surface area contributed by atoms with Crippen molar-refractivity contribution in [1.82, 2.24) is 10.2 Å². The molecule has 1 aromatic rings. The number of methoxy groups -OCH3 is 1. The van der Waals surface area contributed by atoms with E-state index in [9.17, 15) is 0 Å². The van der Waals surface area contributed by atoms with Crippen molar-refractivity contribution < 1.29 is 4.74 Å². The minimum absolute atomic E-state index is 0.378. The number of hydrogen-bond acceptors (Lipinski definition) is 3. The second kappa shape index (κ2) is 8.94. The van der Waals surface area contributed by atoms with Crippen LogP contribution in [0.2, 0.25) is 0 Å². The van der Waals surface area contributed by atoms with Crippen LogP contribution in [0.15, 0.2) is 24.3 Å². The maximum absolute atomic E-state index is 5.21. The first-order valence-electron chi connectivity index (χ1n) is 7.28. The topological polar surface area (TPSA) is 24.5 Å². The van der Waals surface area contributed by atoms with Gasteiger partial charge in [-0.1, -0.05) is 32.4 Å². The van der Waals surface area contributed by atoms with Crippen molar-refractivity contribution in [2.45, 2.75) is 32.7 Å². The van der Waals surface area contributed by atoms with Gasteiger partial charge in [-0.05, 0) is 44.3 Å². The van der Waals surface area contributed by atoms with E-state index in [-0.39, 0.29) is 0 Å². The van der Waals surface area contributed by atoms with E-state index in [1.165, 1.54) is 24.9 Å². The molecule has 0 aliphatic heterocycles. The van der Waals surface area contributed by atoms with Crippen LogP contribution in [0.25, 0.3) is 0 Å². The number of rotatable bonds is 9. The highest BCUT2D eigenvalue weighted by atomic mass is 16.5. The lowest BCUT2D eigenvalue weighted by Gasteiger charge is -2.26. The number of nitrogens with zero attached hydrogens (tertiary/aromatic N) is 1. The molecule has 1 unspecified atom stereocenters. The highest BCUT2D eigenvalue weighted by Crippen LogP contribution is 2.18. The summed E-state index contributed by atoms with van der Waals surface area (Å²) in [5.41, 5.74) is 1.32. The van der Waals surface area contributed by atoms with E-state index in [2.05, 4.69) is 36.2 Å². The van der Waals surface area contributed by atoms with Crippen molar-refractivity contribution in [2.24, 2.45) is 0 Å². The molecule has 0 saturated heterocycles. The Kier molecular flexibility index (Phi) is 7.53. The molecule has 1 rings (SSSR count). The van der Waals surface area contributed by atoms with Crippen molar-refractivity contribution in [2.75, 3.05) is 33.8 Å². The Morgan fingerprint density at radius 3 is 2.37 bits per heavy atom. The fourth-order valence-corrected chi connectivity index (χ4v) is 2.22. The predicted octanol–water partition coefficient (Wildman–Crippen LogP) is 3.08. The molecule has 0 heterocycles. The predicted molar refractivity (Wildman–Crippen MR) is 81.8 cm³/mol. The van der Waals surface area contributed by atoms with Crippen molar-refractivity contribution in [3.8, 4) is 5.75 Å². The lowest BCUT2D eigenvalue weighted by Crippen LogP contribution is -2.34. The minimum Gasteiger partial charge on any atom is -0.497 e. The fourth-order valence-electron chi connectivity index (χ4n) is 2.22. The van der Waals surface area contributed by atoms with E-state index in [0.29, 0.717) is 6.04 Å². The molecule has 0 bridgehead atoms. The van der Waals surface area contributed by atoms with Crippen LogP contribution in [0, 0.1) is 0 Å². The van der Waals surface area contributed by atoms with E-state index >= 15 is 0 Å². The van der Waals surface area contributed by atoms with Crippen molar-refractivity contribution in [3.63, 3.8) is 0 Å². The number of ether oxygens (including phenoxy) is 1. The Bertz CT molecular complexity index is 337. The Morgan fingerprint density at radius 2 is 1.89 bits per heavy atom. The van der Waals surface area contributed by atoms with Crippen LogP contribution in [0.4, 0.5) is 0 Å². The van der Waals surface area contributed by atoms with E-state index in [1.807, 2.05) is 19.2 Å². The molecule has 0 spiro atoms. The summed E-state index contributed by atoms with van der Waals surface area (Å²) in [6.45, 7) is 7.82. The number of nitrogens with one attached hydrogen (secondary N) is 1. The summed E-state index contributed by atoms with van der Waals surface area (Å²) in [4.78, 5) is 2.51. The minimum atomic E-state index is 0.378. The van der Waals surface area contributed by atoms with Crippen LogP contribution in [-0.4, -0.2) is 38.7 Å². The molecule has 0 radical (unpaired) electrons. The molecule has 0 aliphatic rings. The normalized spacial score (nSPS) is 12.7. The van der Waals surface area contributed by atoms with Crippen LogP contribution in [0.1, 0.15) is 38.3 Å². The van der Waals surface area contributed by atoms with Crippen molar-refractivity contribution in [1.29, 1.82) is 0 Å². The van der Waals surface area contributed by atoms with Gasteiger partial charge in [-0.25, -0.2) is 0 Å². The summed E-state index contributed by atoms with van der Waals surface area (Å²) >= 11 is 0. The first kappa shape index (κ1) is 16.0. The molecule has 19 heavy (non-hydrogen) atoms. The molecule has 0 aromatic heterocycles. The van der Waals surface area contributed by atoms with E-state index in [1.54, 1.807) is 7.11 Å². The molecule has 0 amide bonds. The van der Waals surface area contributed by atoms with Gasteiger partial charge in [0.25, 0.3) is 0 Å². The van der Waals surface area contributed by atoms with Gasteiger partial charge in [0.2, 0.25) is 0 Å². The molecule has 3 nitrogen and oxygen atoms in total. The SMILES string of the molecule is CCCCN(CC)CC(NC)c1ccc(OC)cc1. The zero-order valence-electron chi connectivity index (χ0n) is 12.8. The third-order valence-corrected chi connectivity index (χ3v) is 3.58. The lowest BCUT2D eigenvalue weighted by molar-refractivity contribution is 0.254. The number of benzene rings is 1. The first-order chi connectivity index (χ1) is 9.24. The van der Waals surface area contributed by atoms with Gasteiger partial charge < -0.3 is 15.0 Å². The van der Waals surface area contributed by atoms with Gasteiger partial charge in [-0.3, -0.25) is 0 Å². The molecule has 1 N–H and O–H groups in total. The average molecular weight is 264 g/mol. The molecule has 3 heteroatoms. The quantitative estimate of drug-likeness (QED) is 0.742. The highest BCUT2D eigenvalue weighted by Gasteiger charge is 2.13. The van der Waals surface area contributed by atoms with Crippen LogP contribution in [0.5, 0.6) is 5.75 Å². The highest BCUT2D eigenvalue weighted by molar-refractivity contribution is 5.29. The molecule has 0 saturated carbocycles. The van der Waals surface area contributed by atoms with E-state index < -0.39 is 0 Å². The molecule has 0 aliphatic carbocycles. The van der Waals surface area contributed by atoms with Crippen molar-refractivity contribution in [3.05, 3.63) is 29.8 Å². The summed E-state index contributed by atoms with van der Waals surface area (Å²) in [5, 5.41) is 3.41. The number of hydrogen-bond donors (Lipinski definition) is 1. The number of likely N-dealkylation sites (N-methyl/N-ethyl adjacent to an activating group) is 2. The lowest BCUT2D eigenvalue weighted by atomic mass is 10.1. The molecule has 1 aromatic carbocycles. The Morgan fingerprint density at radius 1 is 1.21 bits per heavy atom. The molecule has 0 fully saturated rings. The van der Waals surface area contributed by atoms with Gasteiger partial charge in [-0.15, -0.1) is 0 Å². The maximum atomic E-state index is 5.21. The first-order valence-corrected chi connectivity index (χ1v) is 7.28. The average Bonchev–Trinajstić information content (AvgIpc) is 2.48. The largest absolute Gasteiger partial charge is 0.497 e. The van der Waals surface area contributed by atoms with Gasteiger partial charge >= 0.3 is 0 Å². The van der Waals surface area contributed by atoms with Crippen LogP contribution in [-0.2, 0) is 0 Å². The summed E-state index contributed by atoms with van der Waals surface area (Å²) in [6, 6.07) is 8.73. The zero-order chi connectivity index (χ0) is 14.1. The van der Waals surface area contributed by atoms with Crippen LogP contribution in [0.3, 0.4) is 0 Å². The van der Waals surface area contributed by atoms with Crippen molar-refractivity contribution >= 4 is 0 Å². The van der Waals surface area contributed by atoms with Gasteiger partial charge in [0.1, 0.15) is 5.75 Å². The second-order valence-corrected chi connectivity index (χ2v) is 4.86. The summed E-state index contributed by atoms with van der Waals surface area (Å²) < 4.78 is 5.21. The van der Waals surface area contributed by atoms with Crippen LogP contribution >= 0.6 is 0 Å². The molecule has 108 valence electrons. The van der Waals surface area contributed by atoms with Gasteiger partial charge in [-0.2, -0.15) is 0 Å². The number of unbranched alkanes of at least 4 members (excludes halogenated alkanes) is 1. The summed E-state index contributed by atoms with van der Waals surface area (Å²) in [6.07, 6.45) is 2.52. The summed E-state index contributed by atoms with van der Waals surface area (Å²) in [7, 11) is 3.73. The van der Waals surface area contributed by atoms with Gasteiger partial charge in [0.15, 0.2) is 0 Å². The molecular weight excluding hydrogens is 236 g/mol. The summed E-state index contributed by atoms with van der Waals surface area (Å²) in [5.74, 6) is 0.914. The Balaban J connectivity index is 2.64. The molecular formula is C16H28N2O. The third kappa shape index (κ3) is 5.21. The van der Waals surface area contributed by atoms with Crippen LogP contribution < -0.4 is 10.1 Å². The van der Waals surface area contributed by atoms with E-state index in [0.717, 1.165) is 18.8 Å². The molecule has 1 atom stereocenters. The fraction of sp³-hybridized carbons (Fsp3) is 0.625. The monoisotopic (exact) mass is 264 g/mol. The van der Waals surface area contributed by atoms with Gasteiger partial charge in [0.05, 0.1) is 7.11 Å². The van der Waals surface area contributed by atoms with Gasteiger partial charge in [0, 0.05) is 12.6 Å². The zero-order valence-corrected chi connectivity index (χ0v) is 12.8. The Labute approximate surface area is 118 Å². The second-order valence-electron chi connectivity index (χ2n) is 4.86. The maximum Gasteiger partial charge on any atom is 0.118 e. The third-order valence-electron chi connectivity index (χ3n) is 3.58.